The molecule has 0 radical (unpaired) electrons. The lowest BCUT2D eigenvalue weighted by Crippen LogP contribution is -2.72. The second-order valence-corrected chi connectivity index (χ2v) is 8.53. The third-order valence-corrected chi connectivity index (χ3v) is 6.25. The molecule has 0 saturated carbocycles. The quantitative estimate of drug-likeness (QED) is 0.196. The molecule has 1 saturated heterocycles. The number of nitrogens with two attached hydrogens (primary N) is 1. The van der Waals surface area contributed by atoms with Gasteiger partial charge in [0.2, 0.25) is 0 Å². The van der Waals surface area contributed by atoms with Crippen molar-refractivity contribution in [2.24, 2.45) is 5.16 Å². The molecule has 4 N–H and O–H groups in total. The van der Waals surface area contributed by atoms with Gasteiger partial charge in [0, 0.05) is 5.38 Å². The number of oxime groups is 1. The number of thiazole rings is 1. The van der Waals surface area contributed by atoms with Crippen molar-refractivity contribution in [3.8, 4) is 0 Å². The molecule has 0 bridgehead atoms. The van der Waals surface area contributed by atoms with Gasteiger partial charge in [-0.1, -0.05) is 32.9 Å². The molecule has 2 heterocycles. The minimum absolute atomic E-state index is 0.156. The summed E-state index contributed by atoms with van der Waals surface area (Å²) in [6.45, 7) is 11.7. The van der Waals surface area contributed by atoms with Gasteiger partial charge in [0.15, 0.2) is 10.8 Å². The van der Waals surface area contributed by atoms with E-state index in [1.165, 1.54) is 32.1 Å². The van der Waals surface area contributed by atoms with Crippen LogP contribution in [-0.2, 0) is 24.7 Å². The number of hydrogen-bond acceptors (Lipinski definition) is 10. The smallest absolute Gasteiger partial charge is 0.362 e. The Morgan fingerprint density at radius 3 is 2.29 bits per heavy atom. The second kappa shape index (κ2) is 11.9. The van der Waals surface area contributed by atoms with Crippen molar-refractivity contribution in [1.82, 2.24) is 19.5 Å². The van der Waals surface area contributed by atoms with Gasteiger partial charge < -0.3 is 20.8 Å². The van der Waals surface area contributed by atoms with Gasteiger partial charge in [0.25, 0.3) is 11.8 Å². The van der Waals surface area contributed by atoms with Gasteiger partial charge in [-0.15, -0.1) is 11.3 Å². The van der Waals surface area contributed by atoms with Gasteiger partial charge in [-0.25, -0.2) is 9.29 Å². The zero-order valence-electron chi connectivity index (χ0n) is 18.2. The predicted octanol–water partition coefficient (Wildman–Crippen LogP) is 0.332. The van der Waals surface area contributed by atoms with E-state index in [9.17, 15) is 18.0 Å². The lowest BCUT2D eigenvalue weighted by atomic mass is 9.96. The molecule has 2 amide bonds. The van der Waals surface area contributed by atoms with Crippen LogP contribution in [0.4, 0.5) is 5.13 Å². The molecule has 176 valence electrons. The van der Waals surface area contributed by atoms with E-state index in [-0.39, 0.29) is 23.0 Å². The fourth-order valence-corrected chi connectivity index (χ4v) is 4.44. The van der Waals surface area contributed by atoms with Crippen LogP contribution in [0.2, 0.25) is 0 Å². The number of nitrogen functional groups attached to an aromatic ring is 1. The van der Waals surface area contributed by atoms with Gasteiger partial charge in [-0.2, -0.15) is 8.42 Å². The summed E-state index contributed by atoms with van der Waals surface area (Å²) in [5, 5.41) is 7.63. The molecular formula is C17H30N6O6S2. The molecule has 12 nitrogen and oxygen atoms in total. The Hall–Kier alpha value is -2.29. The summed E-state index contributed by atoms with van der Waals surface area (Å²) in [6.07, 6.45) is 0.205. The highest BCUT2D eigenvalue weighted by Crippen LogP contribution is 2.26. The molecule has 1 aromatic heterocycles. The highest BCUT2D eigenvalue weighted by molar-refractivity contribution is 7.84. The monoisotopic (exact) mass is 478 g/mol. The van der Waals surface area contributed by atoms with E-state index in [0.29, 0.717) is 4.31 Å². The Morgan fingerprint density at radius 1 is 1.35 bits per heavy atom. The zero-order chi connectivity index (χ0) is 23.8. The average molecular weight is 479 g/mol. The van der Waals surface area contributed by atoms with Crippen molar-refractivity contribution in [1.29, 1.82) is 0 Å². The molecule has 1 fully saturated rings. The fourth-order valence-electron chi connectivity index (χ4n) is 2.94. The van der Waals surface area contributed by atoms with Crippen LogP contribution in [-0.4, -0.2) is 83.5 Å². The molecule has 0 unspecified atom stereocenters. The van der Waals surface area contributed by atoms with Crippen LogP contribution < -0.4 is 11.1 Å². The third-order valence-electron chi connectivity index (χ3n) is 4.63. The van der Waals surface area contributed by atoms with Crippen LogP contribution in [0.15, 0.2) is 10.5 Å². The molecule has 0 aliphatic carbocycles. The molecule has 14 heteroatoms. The average Bonchev–Trinajstić information content (AvgIpc) is 3.14. The van der Waals surface area contributed by atoms with Gasteiger partial charge in [-0.3, -0.25) is 14.1 Å². The number of carbonyl (C=O) groups excluding carboxylic acids is 2. The van der Waals surface area contributed by atoms with Crippen molar-refractivity contribution in [3.05, 3.63) is 11.1 Å². The number of carbonyl (C=O) groups is 2. The topological polar surface area (TPSA) is 168 Å². The van der Waals surface area contributed by atoms with Crippen molar-refractivity contribution in [3.63, 3.8) is 0 Å². The Bertz CT molecular complexity index is 878. The SMILES string of the molecule is CCN(CC)CC.CC[C@H]1[C@H](NC(=O)C(=NOC)c2csc(N)n2)C(=O)N1S(=O)(=O)O. The number of aromatic nitrogens is 1. The highest BCUT2D eigenvalue weighted by atomic mass is 32.2. The Labute approximate surface area is 186 Å². The maximum atomic E-state index is 12.3. The van der Waals surface area contributed by atoms with Crippen LogP contribution in [0.3, 0.4) is 0 Å². The van der Waals surface area contributed by atoms with E-state index in [1.807, 2.05) is 0 Å². The zero-order valence-corrected chi connectivity index (χ0v) is 19.9. The summed E-state index contributed by atoms with van der Waals surface area (Å²) < 4.78 is 31.7. The summed E-state index contributed by atoms with van der Waals surface area (Å²) in [4.78, 5) is 35.1. The van der Waals surface area contributed by atoms with Crippen LogP contribution in [0.25, 0.3) is 0 Å². The molecule has 1 aromatic rings. The van der Waals surface area contributed by atoms with E-state index in [0.717, 1.165) is 11.3 Å². The summed E-state index contributed by atoms with van der Waals surface area (Å²) in [6, 6.07) is -2.00. The first-order chi connectivity index (χ1) is 14.5. The number of nitrogens with zero attached hydrogens (tertiary/aromatic N) is 4. The number of nitrogens with one attached hydrogen (secondary N) is 1. The van der Waals surface area contributed by atoms with E-state index in [1.54, 1.807) is 6.92 Å². The normalized spacial score (nSPS) is 18.9. The van der Waals surface area contributed by atoms with Crippen molar-refractivity contribution < 1.29 is 27.4 Å². The van der Waals surface area contributed by atoms with Gasteiger partial charge >= 0.3 is 10.3 Å². The molecule has 31 heavy (non-hydrogen) atoms. The van der Waals surface area contributed by atoms with Crippen LogP contribution in [0, 0.1) is 0 Å². The van der Waals surface area contributed by atoms with Crippen molar-refractivity contribution in [2.75, 3.05) is 32.5 Å². The predicted molar refractivity (Wildman–Crippen MR) is 118 cm³/mol. The first kappa shape index (κ1) is 26.7. The first-order valence-electron chi connectivity index (χ1n) is 9.71. The molecule has 1 aliphatic heterocycles. The van der Waals surface area contributed by atoms with Crippen LogP contribution >= 0.6 is 11.3 Å². The third kappa shape index (κ3) is 6.85. The molecule has 0 aromatic carbocycles. The van der Waals surface area contributed by atoms with Crippen LogP contribution in [0.1, 0.15) is 39.8 Å². The fraction of sp³-hybridized carbons (Fsp3) is 0.647. The Balaban J connectivity index is 0.000000592. The number of rotatable bonds is 9. The first-order valence-corrected chi connectivity index (χ1v) is 12.0. The lowest BCUT2D eigenvalue weighted by molar-refractivity contribution is -0.144. The minimum Gasteiger partial charge on any atom is -0.398 e. The van der Waals surface area contributed by atoms with Gasteiger partial charge in [0.05, 0.1) is 6.04 Å². The highest BCUT2D eigenvalue weighted by Gasteiger charge is 2.53. The van der Waals surface area contributed by atoms with Gasteiger partial charge in [-0.05, 0) is 26.1 Å². The maximum Gasteiger partial charge on any atom is 0.362 e. The number of anilines is 1. The summed E-state index contributed by atoms with van der Waals surface area (Å²) in [5.41, 5.74) is 5.45. The number of β-lactam (4-membered cyclic amide) rings is 1. The largest absolute Gasteiger partial charge is 0.398 e. The lowest BCUT2D eigenvalue weighted by Gasteiger charge is -2.43. The van der Waals surface area contributed by atoms with E-state index < -0.39 is 34.2 Å². The number of hydrogen-bond donors (Lipinski definition) is 3. The standard InChI is InChI=1S/C11H15N5O6S2.C6H15N/c1-3-6-8(10(18)16(6)24(19,20)21)14-9(17)7(15-22-2)5-4-23-11(12)13-5;1-4-7(5-2)6-3/h4,6,8H,3H2,1-2H3,(H2,12,13)(H,14,17)(H,19,20,21);4-6H2,1-3H3/t6-,8-;/m0./s1. The number of amides is 2. The van der Waals surface area contributed by atoms with Crippen molar-refractivity contribution in [2.45, 2.75) is 46.2 Å². The summed E-state index contributed by atoms with van der Waals surface area (Å²) in [5.74, 6) is -1.72. The molecule has 2 atom stereocenters. The molecule has 1 aliphatic rings. The summed E-state index contributed by atoms with van der Waals surface area (Å²) >= 11 is 1.09. The maximum absolute atomic E-state index is 12.3. The molecule has 0 spiro atoms. The van der Waals surface area contributed by atoms with Crippen LogP contribution in [0.5, 0.6) is 0 Å². The summed E-state index contributed by atoms with van der Waals surface area (Å²) in [7, 11) is -3.45. The molecular weight excluding hydrogens is 448 g/mol. The Morgan fingerprint density at radius 2 is 1.94 bits per heavy atom. The van der Waals surface area contributed by atoms with E-state index >= 15 is 0 Å². The van der Waals surface area contributed by atoms with E-state index in [4.69, 9.17) is 10.3 Å². The van der Waals surface area contributed by atoms with Crippen molar-refractivity contribution >= 4 is 44.3 Å². The minimum atomic E-state index is -4.67. The second-order valence-electron chi connectivity index (χ2n) is 6.35. The van der Waals surface area contributed by atoms with Gasteiger partial charge in [0.1, 0.15) is 18.8 Å². The van der Waals surface area contributed by atoms with E-state index in [2.05, 4.69) is 46.0 Å². The Kier molecular flexibility index (Phi) is 10.3. The molecule has 2 rings (SSSR count).